The van der Waals surface area contributed by atoms with Gasteiger partial charge in [0, 0.05) is 31.0 Å². The van der Waals surface area contributed by atoms with Crippen molar-refractivity contribution in [1.29, 1.82) is 0 Å². The van der Waals surface area contributed by atoms with Crippen molar-refractivity contribution in [3.8, 4) is 12.3 Å². The highest BCUT2D eigenvalue weighted by Gasteiger charge is 2.50. The molecule has 0 spiro atoms. The average molecular weight is 209 g/mol. The number of terminal acetylenes is 1. The third-order valence-electron chi connectivity index (χ3n) is 3.77. The quantitative estimate of drug-likeness (QED) is 0.535. The highest BCUT2D eigenvalue weighted by molar-refractivity contribution is 5.05. The molecular formula is C13H23NO. The Morgan fingerprint density at radius 3 is 2.80 bits per heavy atom. The van der Waals surface area contributed by atoms with E-state index in [2.05, 4.69) is 32.0 Å². The fourth-order valence-electron chi connectivity index (χ4n) is 2.39. The lowest BCUT2D eigenvalue weighted by molar-refractivity contribution is -0.125. The van der Waals surface area contributed by atoms with Crippen LogP contribution in [0.2, 0.25) is 0 Å². The maximum atomic E-state index is 5.74. The SMILES string of the molecule is C#CCCNC1CC(OCC)C1(C)CC. The van der Waals surface area contributed by atoms with Gasteiger partial charge in [0.15, 0.2) is 0 Å². The van der Waals surface area contributed by atoms with Crippen LogP contribution in [0, 0.1) is 17.8 Å². The first-order valence-electron chi connectivity index (χ1n) is 5.97. The van der Waals surface area contributed by atoms with Crippen LogP contribution < -0.4 is 5.32 Å². The summed E-state index contributed by atoms with van der Waals surface area (Å²) >= 11 is 0. The Balaban J connectivity index is 2.39. The Bertz CT molecular complexity index is 233. The second kappa shape index (κ2) is 5.53. The van der Waals surface area contributed by atoms with E-state index in [9.17, 15) is 0 Å². The first-order valence-corrected chi connectivity index (χ1v) is 5.97. The molecule has 1 fully saturated rings. The van der Waals surface area contributed by atoms with Gasteiger partial charge in [0.1, 0.15) is 0 Å². The largest absolute Gasteiger partial charge is 0.378 e. The summed E-state index contributed by atoms with van der Waals surface area (Å²) in [6.07, 6.45) is 8.76. The van der Waals surface area contributed by atoms with Crippen LogP contribution in [0.15, 0.2) is 0 Å². The van der Waals surface area contributed by atoms with Crippen LogP contribution >= 0.6 is 0 Å². The van der Waals surface area contributed by atoms with E-state index >= 15 is 0 Å². The van der Waals surface area contributed by atoms with Gasteiger partial charge in [-0.25, -0.2) is 0 Å². The van der Waals surface area contributed by atoms with Crippen molar-refractivity contribution in [2.45, 2.75) is 52.2 Å². The van der Waals surface area contributed by atoms with E-state index in [-0.39, 0.29) is 0 Å². The van der Waals surface area contributed by atoms with Crippen molar-refractivity contribution in [3.63, 3.8) is 0 Å². The van der Waals surface area contributed by atoms with Crippen LogP contribution in [0.25, 0.3) is 0 Å². The van der Waals surface area contributed by atoms with Gasteiger partial charge in [-0.2, -0.15) is 0 Å². The average Bonchev–Trinajstić information content (AvgIpc) is 2.26. The van der Waals surface area contributed by atoms with Crippen LogP contribution in [-0.2, 0) is 4.74 Å². The Kier molecular flexibility index (Phi) is 4.63. The lowest BCUT2D eigenvalue weighted by Gasteiger charge is -2.53. The minimum absolute atomic E-state index is 0.296. The molecule has 0 saturated heterocycles. The van der Waals surface area contributed by atoms with Gasteiger partial charge in [0.2, 0.25) is 0 Å². The first-order chi connectivity index (χ1) is 7.19. The van der Waals surface area contributed by atoms with Gasteiger partial charge in [0.25, 0.3) is 0 Å². The smallest absolute Gasteiger partial charge is 0.0658 e. The summed E-state index contributed by atoms with van der Waals surface area (Å²) in [5.74, 6) is 2.66. The molecule has 1 aliphatic carbocycles. The second-order valence-corrected chi connectivity index (χ2v) is 4.50. The van der Waals surface area contributed by atoms with Crippen molar-refractivity contribution in [3.05, 3.63) is 0 Å². The monoisotopic (exact) mass is 209 g/mol. The molecule has 86 valence electrons. The predicted molar refractivity (Wildman–Crippen MR) is 63.7 cm³/mol. The number of nitrogens with one attached hydrogen (secondary N) is 1. The van der Waals surface area contributed by atoms with Gasteiger partial charge in [-0.05, 0) is 19.8 Å². The lowest BCUT2D eigenvalue weighted by Crippen LogP contribution is -2.62. The van der Waals surface area contributed by atoms with Crippen LogP contribution in [0.3, 0.4) is 0 Å². The topological polar surface area (TPSA) is 21.3 Å². The number of hydrogen-bond acceptors (Lipinski definition) is 2. The van der Waals surface area contributed by atoms with Gasteiger partial charge in [-0.1, -0.05) is 13.8 Å². The highest BCUT2D eigenvalue weighted by atomic mass is 16.5. The summed E-state index contributed by atoms with van der Waals surface area (Å²) in [6, 6.07) is 0.576. The molecular weight excluding hydrogens is 186 g/mol. The first kappa shape index (κ1) is 12.5. The molecule has 2 nitrogen and oxygen atoms in total. The second-order valence-electron chi connectivity index (χ2n) is 4.50. The van der Waals surface area contributed by atoms with Gasteiger partial charge in [0.05, 0.1) is 6.10 Å². The molecule has 0 amide bonds. The van der Waals surface area contributed by atoms with E-state index in [0.29, 0.717) is 17.6 Å². The van der Waals surface area contributed by atoms with Crippen molar-refractivity contribution in [2.75, 3.05) is 13.2 Å². The molecule has 1 aliphatic rings. The molecule has 3 unspecified atom stereocenters. The zero-order chi connectivity index (χ0) is 11.3. The maximum Gasteiger partial charge on any atom is 0.0658 e. The Morgan fingerprint density at radius 1 is 1.53 bits per heavy atom. The van der Waals surface area contributed by atoms with Gasteiger partial charge in [-0.3, -0.25) is 0 Å². The van der Waals surface area contributed by atoms with Gasteiger partial charge in [-0.15, -0.1) is 12.3 Å². The standard InChI is InChI=1S/C13H23NO/c1-5-8-9-14-11-10-12(15-7-3)13(11,4)6-2/h1,11-12,14H,6-10H2,2-4H3. The fourth-order valence-corrected chi connectivity index (χ4v) is 2.39. The Hall–Kier alpha value is -0.520. The van der Waals surface area contributed by atoms with E-state index in [1.54, 1.807) is 0 Å². The van der Waals surface area contributed by atoms with E-state index in [1.807, 2.05) is 0 Å². The molecule has 1 saturated carbocycles. The van der Waals surface area contributed by atoms with E-state index in [4.69, 9.17) is 11.2 Å². The Labute approximate surface area is 93.8 Å². The lowest BCUT2D eigenvalue weighted by atomic mass is 9.61. The number of hydrogen-bond donors (Lipinski definition) is 1. The summed E-state index contributed by atoms with van der Waals surface area (Å²) < 4.78 is 5.74. The molecule has 0 aromatic carbocycles. The summed E-state index contributed by atoms with van der Waals surface area (Å²) in [5, 5.41) is 3.53. The van der Waals surface area contributed by atoms with Crippen molar-refractivity contribution < 1.29 is 4.74 Å². The summed E-state index contributed by atoms with van der Waals surface area (Å²) in [7, 11) is 0. The molecule has 0 aliphatic heterocycles. The third-order valence-corrected chi connectivity index (χ3v) is 3.77. The molecule has 1 N–H and O–H groups in total. The maximum absolute atomic E-state index is 5.74. The zero-order valence-corrected chi connectivity index (χ0v) is 10.2. The molecule has 2 heteroatoms. The molecule has 0 aromatic heterocycles. The van der Waals surface area contributed by atoms with Crippen molar-refractivity contribution >= 4 is 0 Å². The van der Waals surface area contributed by atoms with Crippen LogP contribution in [0.4, 0.5) is 0 Å². The fraction of sp³-hybridized carbons (Fsp3) is 0.846. The van der Waals surface area contributed by atoms with E-state index < -0.39 is 0 Å². The van der Waals surface area contributed by atoms with E-state index in [0.717, 1.165) is 32.4 Å². The molecule has 1 rings (SSSR count). The molecule has 3 atom stereocenters. The minimum Gasteiger partial charge on any atom is -0.378 e. The third kappa shape index (κ3) is 2.53. The highest BCUT2D eigenvalue weighted by Crippen LogP contribution is 2.45. The van der Waals surface area contributed by atoms with Crippen LogP contribution in [0.5, 0.6) is 0 Å². The van der Waals surface area contributed by atoms with Crippen LogP contribution in [-0.4, -0.2) is 25.3 Å². The normalized spacial score (nSPS) is 34.5. The summed E-state index contributed by atoms with van der Waals surface area (Å²) in [6.45, 7) is 8.35. The molecule has 0 heterocycles. The number of ether oxygens (including phenoxy) is 1. The molecule has 15 heavy (non-hydrogen) atoms. The molecule has 0 aromatic rings. The predicted octanol–water partition coefficient (Wildman–Crippen LogP) is 2.19. The number of rotatable bonds is 6. The van der Waals surface area contributed by atoms with Crippen LogP contribution in [0.1, 0.15) is 40.0 Å². The van der Waals surface area contributed by atoms with Crippen molar-refractivity contribution in [1.82, 2.24) is 5.32 Å². The van der Waals surface area contributed by atoms with E-state index in [1.165, 1.54) is 0 Å². The minimum atomic E-state index is 0.296. The molecule has 0 radical (unpaired) electrons. The summed E-state index contributed by atoms with van der Waals surface area (Å²) in [4.78, 5) is 0. The van der Waals surface area contributed by atoms with Gasteiger partial charge >= 0.3 is 0 Å². The summed E-state index contributed by atoms with van der Waals surface area (Å²) in [5.41, 5.74) is 0.296. The zero-order valence-electron chi connectivity index (χ0n) is 10.2. The Morgan fingerprint density at radius 2 is 2.27 bits per heavy atom. The van der Waals surface area contributed by atoms with Crippen molar-refractivity contribution in [2.24, 2.45) is 5.41 Å². The molecule has 0 bridgehead atoms. The van der Waals surface area contributed by atoms with Gasteiger partial charge < -0.3 is 10.1 Å².